The van der Waals surface area contributed by atoms with Crippen molar-refractivity contribution in [1.82, 2.24) is 4.90 Å². The number of benzene rings is 1. The van der Waals surface area contributed by atoms with Crippen LogP contribution in [-0.4, -0.2) is 37.0 Å². The molecule has 0 unspecified atom stereocenters. The van der Waals surface area contributed by atoms with Crippen LogP contribution in [0, 0.1) is 12.3 Å². The number of rotatable bonds is 2. The molecule has 2 heterocycles. The van der Waals surface area contributed by atoms with Crippen LogP contribution in [0.1, 0.15) is 17.2 Å². The standard InChI is InChI=1S/C14H15NO4/c1-3-4-15-6-10-9(11(16)7-15)5-12-14(13(10)17-2)19-8-18-12/h1,5,11,16H,4,6-8H2,2H3/t11-/m1/s1. The number of ether oxygens (including phenoxy) is 3. The number of hydrogen-bond donors (Lipinski definition) is 1. The number of β-amino-alcohol motifs (C(OH)–C–C–N with tert-alkyl or cyclic N) is 1. The zero-order valence-electron chi connectivity index (χ0n) is 10.7. The van der Waals surface area contributed by atoms with Crippen molar-refractivity contribution in [2.24, 2.45) is 0 Å². The van der Waals surface area contributed by atoms with Crippen molar-refractivity contribution in [2.45, 2.75) is 12.6 Å². The number of nitrogens with zero attached hydrogens (tertiary/aromatic N) is 1. The summed E-state index contributed by atoms with van der Waals surface area (Å²) in [6.45, 7) is 1.82. The average Bonchev–Trinajstić information content (AvgIpc) is 2.85. The fourth-order valence-electron chi connectivity index (χ4n) is 2.63. The van der Waals surface area contributed by atoms with E-state index in [9.17, 15) is 5.11 Å². The fraction of sp³-hybridized carbons (Fsp3) is 0.429. The summed E-state index contributed by atoms with van der Waals surface area (Å²) < 4.78 is 16.2. The first-order valence-electron chi connectivity index (χ1n) is 6.07. The van der Waals surface area contributed by atoms with Crippen LogP contribution in [0.25, 0.3) is 0 Å². The summed E-state index contributed by atoms with van der Waals surface area (Å²) in [5, 5.41) is 10.2. The highest BCUT2D eigenvalue weighted by Crippen LogP contribution is 2.48. The van der Waals surface area contributed by atoms with Crippen molar-refractivity contribution in [1.29, 1.82) is 0 Å². The Balaban J connectivity index is 2.08. The van der Waals surface area contributed by atoms with Crippen LogP contribution in [0.4, 0.5) is 0 Å². The molecule has 2 aliphatic heterocycles. The Morgan fingerprint density at radius 3 is 3.16 bits per heavy atom. The van der Waals surface area contributed by atoms with Crippen LogP contribution in [0.15, 0.2) is 6.07 Å². The zero-order chi connectivity index (χ0) is 13.4. The van der Waals surface area contributed by atoms with Gasteiger partial charge < -0.3 is 19.3 Å². The van der Waals surface area contributed by atoms with Crippen molar-refractivity contribution in [3.05, 3.63) is 17.2 Å². The second kappa shape index (κ2) is 4.65. The molecule has 5 nitrogen and oxygen atoms in total. The normalized spacial score (nSPS) is 20.8. The van der Waals surface area contributed by atoms with E-state index in [1.807, 2.05) is 11.0 Å². The highest BCUT2D eigenvalue weighted by atomic mass is 16.7. The van der Waals surface area contributed by atoms with Crippen molar-refractivity contribution in [3.8, 4) is 29.6 Å². The van der Waals surface area contributed by atoms with E-state index in [0.29, 0.717) is 36.9 Å². The fourth-order valence-corrected chi connectivity index (χ4v) is 2.63. The van der Waals surface area contributed by atoms with Crippen LogP contribution in [-0.2, 0) is 6.54 Å². The lowest BCUT2D eigenvalue weighted by atomic mass is 9.95. The van der Waals surface area contributed by atoms with Gasteiger partial charge in [-0.25, -0.2) is 0 Å². The molecule has 2 aliphatic rings. The molecular formula is C14H15NO4. The van der Waals surface area contributed by atoms with E-state index in [-0.39, 0.29) is 6.79 Å². The predicted molar refractivity (Wildman–Crippen MR) is 68.2 cm³/mol. The van der Waals surface area contributed by atoms with E-state index in [0.717, 1.165) is 11.1 Å². The molecule has 0 aromatic heterocycles. The van der Waals surface area contributed by atoms with Gasteiger partial charge in [-0.1, -0.05) is 5.92 Å². The molecule has 1 aromatic carbocycles. The summed E-state index contributed by atoms with van der Waals surface area (Å²) in [7, 11) is 1.59. The minimum absolute atomic E-state index is 0.179. The van der Waals surface area contributed by atoms with Gasteiger partial charge in [0.25, 0.3) is 0 Å². The van der Waals surface area contributed by atoms with Gasteiger partial charge in [0.05, 0.1) is 19.8 Å². The second-order valence-electron chi connectivity index (χ2n) is 4.60. The molecule has 0 amide bonds. The van der Waals surface area contributed by atoms with Gasteiger partial charge in [0.2, 0.25) is 12.5 Å². The third-order valence-electron chi connectivity index (χ3n) is 3.45. The van der Waals surface area contributed by atoms with Gasteiger partial charge in [-0.05, 0) is 11.6 Å². The van der Waals surface area contributed by atoms with E-state index < -0.39 is 6.10 Å². The Morgan fingerprint density at radius 2 is 2.42 bits per heavy atom. The predicted octanol–water partition coefficient (Wildman–Crippen LogP) is 0.906. The highest BCUT2D eigenvalue weighted by Gasteiger charge is 2.32. The Bertz CT molecular complexity index is 549. The molecule has 0 radical (unpaired) electrons. The molecule has 0 bridgehead atoms. The summed E-state index contributed by atoms with van der Waals surface area (Å²) in [4.78, 5) is 2.00. The zero-order valence-corrected chi connectivity index (χ0v) is 10.7. The topological polar surface area (TPSA) is 51.2 Å². The molecular weight excluding hydrogens is 246 g/mol. The van der Waals surface area contributed by atoms with Gasteiger partial charge in [-0.2, -0.15) is 0 Å². The molecule has 100 valence electrons. The van der Waals surface area contributed by atoms with Crippen LogP contribution in [0.3, 0.4) is 0 Å². The van der Waals surface area contributed by atoms with Crippen LogP contribution in [0.5, 0.6) is 17.2 Å². The van der Waals surface area contributed by atoms with Crippen LogP contribution < -0.4 is 14.2 Å². The largest absolute Gasteiger partial charge is 0.492 e. The van der Waals surface area contributed by atoms with Gasteiger partial charge in [0.1, 0.15) is 0 Å². The Morgan fingerprint density at radius 1 is 1.58 bits per heavy atom. The van der Waals surface area contributed by atoms with Gasteiger partial charge in [-0.15, -0.1) is 6.42 Å². The monoisotopic (exact) mass is 261 g/mol. The molecule has 3 rings (SSSR count). The SMILES string of the molecule is C#CCN1Cc2c(cc3c(c2OC)OCO3)[C@H](O)C1. The van der Waals surface area contributed by atoms with Gasteiger partial charge >= 0.3 is 0 Å². The van der Waals surface area contributed by atoms with E-state index in [1.165, 1.54) is 0 Å². The molecule has 0 saturated heterocycles. The Labute approximate surface area is 111 Å². The lowest BCUT2D eigenvalue weighted by molar-refractivity contribution is 0.0990. The molecule has 0 fully saturated rings. The molecule has 19 heavy (non-hydrogen) atoms. The third-order valence-corrected chi connectivity index (χ3v) is 3.45. The lowest BCUT2D eigenvalue weighted by Gasteiger charge is -2.32. The average molecular weight is 261 g/mol. The van der Waals surface area contributed by atoms with E-state index in [1.54, 1.807) is 7.11 Å². The number of hydrogen-bond acceptors (Lipinski definition) is 5. The minimum atomic E-state index is -0.597. The maximum Gasteiger partial charge on any atom is 0.231 e. The summed E-state index contributed by atoms with van der Waals surface area (Å²) in [5.74, 6) is 4.46. The number of terminal acetylenes is 1. The second-order valence-corrected chi connectivity index (χ2v) is 4.60. The van der Waals surface area contributed by atoms with E-state index in [4.69, 9.17) is 20.6 Å². The first kappa shape index (κ1) is 12.2. The molecule has 0 saturated carbocycles. The number of methoxy groups -OCH3 is 1. The number of fused-ring (bicyclic) bond motifs is 2. The molecule has 1 N–H and O–H groups in total. The quantitative estimate of drug-likeness (QED) is 0.802. The van der Waals surface area contributed by atoms with Crippen LogP contribution in [0.2, 0.25) is 0 Å². The number of aliphatic hydroxyl groups excluding tert-OH is 1. The highest BCUT2D eigenvalue weighted by molar-refractivity contribution is 5.61. The van der Waals surface area contributed by atoms with Crippen molar-refractivity contribution in [2.75, 3.05) is 27.0 Å². The van der Waals surface area contributed by atoms with Gasteiger partial charge in [0.15, 0.2) is 11.5 Å². The van der Waals surface area contributed by atoms with Gasteiger partial charge in [-0.3, -0.25) is 4.90 Å². The van der Waals surface area contributed by atoms with Crippen molar-refractivity contribution < 1.29 is 19.3 Å². The molecule has 1 atom stereocenters. The Kier molecular flexibility index (Phi) is 2.97. The number of aliphatic hydroxyl groups is 1. The van der Waals surface area contributed by atoms with Gasteiger partial charge in [0, 0.05) is 18.7 Å². The summed E-state index contributed by atoms with van der Waals surface area (Å²) >= 11 is 0. The maximum atomic E-state index is 10.2. The van der Waals surface area contributed by atoms with Crippen molar-refractivity contribution in [3.63, 3.8) is 0 Å². The van der Waals surface area contributed by atoms with Crippen molar-refractivity contribution >= 4 is 0 Å². The molecule has 1 aromatic rings. The molecule has 0 aliphatic carbocycles. The smallest absolute Gasteiger partial charge is 0.231 e. The maximum absolute atomic E-state index is 10.2. The Hall–Kier alpha value is -1.90. The van der Waals surface area contributed by atoms with E-state index in [2.05, 4.69) is 5.92 Å². The summed E-state index contributed by atoms with van der Waals surface area (Å²) in [6.07, 6.45) is 4.74. The molecule has 0 spiro atoms. The van der Waals surface area contributed by atoms with Crippen LogP contribution >= 0.6 is 0 Å². The molecule has 5 heteroatoms. The first-order chi connectivity index (χ1) is 9.24. The third kappa shape index (κ3) is 1.89. The summed E-state index contributed by atoms with van der Waals surface area (Å²) in [5.41, 5.74) is 1.75. The first-order valence-corrected chi connectivity index (χ1v) is 6.07. The van der Waals surface area contributed by atoms with E-state index >= 15 is 0 Å². The lowest BCUT2D eigenvalue weighted by Crippen LogP contribution is -2.34. The summed E-state index contributed by atoms with van der Waals surface area (Å²) in [6, 6.07) is 1.83. The minimum Gasteiger partial charge on any atom is -0.492 e.